The summed E-state index contributed by atoms with van der Waals surface area (Å²) in [6, 6.07) is 4.57. The number of halogens is 3. The van der Waals surface area contributed by atoms with Gasteiger partial charge in [0.2, 0.25) is 5.13 Å². The van der Waals surface area contributed by atoms with E-state index in [9.17, 15) is 21.6 Å². The van der Waals surface area contributed by atoms with Gasteiger partial charge >= 0.3 is 0 Å². The molecular formula is C15H12F3N3O2S2. The molecule has 2 aromatic heterocycles. The van der Waals surface area contributed by atoms with E-state index in [1.165, 1.54) is 22.1 Å². The molecule has 0 unspecified atom stereocenters. The van der Waals surface area contributed by atoms with Gasteiger partial charge < -0.3 is 0 Å². The highest BCUT2D eigenvalue weighted by Gasteiger charge is 2.21. The number of hydrogen-bond acceptors (Lipinski definition) is 5. The van der Waals surface area contributed by atoms with Crippen LogP contribution in [0.2, 0.25) is 0 Å². The molecule has 0 aliphatic carbocycles. The number of alkyl halides is 2. The SMILES string of the molecule is Cc1csc(-n2nc(C(F)F)cc2-c2ccc(S(C)(=O)=O)c(F)c2)n1. The highest BCUT2D eigenvalue weighted by molar-refractivity contribution is 7.90. The number of sulfone groups is 1. The summed E-state index contributed by atoms with van der Waals surface area (Å²) in [5.41, 5.74) is 0.634. The second-order valence-electron chi connectivity index (χ2n) is 5.36. The zero-order valence-corrected chi connectivity index (χ0v) is 14.7. The van der Waals surface area contributed by atoms with E-state index in [4.69, 9.17) is 0 Å². The van der Waals surface area contributed by atoms with Gasteiger partial charge in [0.05, 0.1) is 11.4 Å². The molecule has 5 nitrogen and oxygen atoms in total. The monoisotopic (exact) mass is 387 g/mol. The molecule has 2 heterocycles. The Bertz CT molecular complexity index is 1040. The van der Waals surface area contributed by atoms with Crippen molar-refractivity contribution in [2.75, 3.05) is 6.26 Å². The summed E-state index contributed by atoms with van der Waals surface area (Å²) in [6.07, 6.45) is -1.91. The van der Waals surface area contributed by atoms with Crippen molar-refractivity contribution >= 4 is 21.2 Å². The first-order chi connectivity index (χ1) is 11.7. The summed E-state index contributed by atoms with van der Waals surface area (Å²) in [6.45, 7) is 1.75. The summed E-state index contributed by atoms with van der Waals surface area (Å²) in [4.78, 5) is 3.75. The molecule has 0 aliphatic rings. The first-order valence-electron chi connectivity index (χ1n) is 6.97. The summed E-state index contributed by atoms with van der Waals surface area (Å²) in [7, 11) is -3.73. The number of nitrogens with zero attached hydrogens (tertiary/aromatic N) is 3. The van der Waals surface area contributed by atoms with E-state index in [1.54, 1.807) is 12.3 Å². The fourth-order valence-electron chi connectivity index (χ4n) is 2.26. The van der Waals surface area contributed by atoms with Gasteiger partial charge in [0.15, 0.2) is 9.84 Å². The lowest BCUT2D eigenvalue weighted by molar-refractivity contribution is 0.145. The number of aromatic nitrogens is 3. The van der Waals surface area contributed by atoms with E-state index in [-0.39, 0.29) is 11.3 Å². The zero-order chi connectivity index (χ0) is 18.4. The third-order valence-electron chi connectivity index (χ3n) is 3.37. The van der Waals surface area contributed by atoms with E-state index in [2.05, 4.69) is 10.1 Å². The van der Waals surface area contributed by atoms with Gasteiger partial charge in [-0.15, -0.1) is 11.3 Å². The van der Waals surface area contributed by atoms with Crippen LogP contribution in [0.1, 0.15) is 17.8 Å². The largest absolute Gasteiger partial charge is 0.282 e. The summed E-state index contributed by atoms with van der Waals surface area (Å²) < 4.78 is 64.5. The van der Waals surface area contributed by atoms with Gasteiger partial charge in [-0.05, 0) is 25.1 Å². The van der Waals surface area contributed by atoms with Crippen LogP contribution in [-0.2, 0) is 9.84 Å². The standard InChI is InChI=1S/C15H12F3N3O2S2/c1-8-7-24-15(19-8)21-12(6-11(20-21)14(17)18)9-3-4-13(10(16)5-9)25(2,22)23/h3-7,14H,1-2H3. The predicted octanol–water partition coefficient (Wildman–Crippen LogP) is 3.78. The van der Waals surface area contributed by atoms with Crippen molar-refractivity contribution in [1.29, 1.82) is 0 Å². The average molecular weight is 387 g/mol. The lowest BCUT2D eigenvalue weighted by atomic mass is 10.1. The van der Waals surface area contributed by atoms with E-state index < -0.39 is 32.7 Å². The molecule has 0 saturated heterocycles. The predicted molar refractivity (Wildman–Crippen MR) is 87.4 cm³/mol. The molecule has 3 aromatic rings. The molecule has 0 atom stereocenters. The summed E-state index contributed by atoms with van der Waals surface area (Å²) in [5, 5.41) is 5.93. The van der Waals surface area contributed by atoms with E-state index >= 15 is 0 Å². The molecular weight excluding hydrogens is 375 g/mol. The Labute approximate surface area is 145 Å². The number of benzene rings is 1. The average Bonchev–Trinajstić information content (AvgIpc) is 3.11. The van der Waals surface area contributed by atoms with E-state index in [0.717, 1.165) is 24.5 Å². The number of aryl methyl sites for hydroxylation is 1. The molecule has 0 bridgehead atoms. The Morgan fingerprint density at radius 2 is 1.96 bits per heavy atom. The van der Waals surface area contributed by atoms with Crippen LogP contribution in [0.5, 0.6) is 0 Å². The fraction of sp³-hybridized carbons (Fsp3) is 0.200. The highest BCUT2D eigenvalue weighted by atomic mass is 32.2. The first kappa shape index (κ1) is 17.6. The highest BCUT2D eigenvalue weighted by Crippen LogP contribution is 2.30. The van der Waals surface area contributed by atoms with Crippen molar-refractivity contribution in [3.8, 4) is 16.4 Å². The van der Waals surface area contributed by atoms with Crippen LogP contribution in [0, 0.1) is 12.7 Å². The van der Waals surface area contributed by atoms with Gasteiger partial charge in [-0.1, -0.05) is 6.07 Å². The normalized spacial score (nSPS) is 12.1. The number of thiazole rings is 1. The molecule has 132 valence electrons. The van der Waals surface area contributed by atoms with Crippen molar-refractivity contribution in [3.05, 3.63) is 46.9 Å². The smallest absolute Gasteiger partial charge is 0.224 e. The van der Waals surface area contributed by atoms with Crippen LogP contribution in [0.25, 0.3) is 16.4 Å². The third-order valence-corrected chi connectivity index (χ3v) is 5.43. The molecule has 0 spiro atoms. The minimum Gasteiger partial charge on any atom is -0.224 e. The van der Waals surface area contributed by atoms with Crippen molar-refractivity contribution in [2.24, 2.45) is 0 Å². The van der Waals surface area contributed by atoms with Gasteiger partial charge in [-0.3, -0.25) is 0 Å². The molecule has 3 rings (SSSR count). The zero-order valence-electron chi connectivity index (χ0n) is 13.1. The summed E-state index contributed by atoms with van der Waals surface area (Å²) >= 11 is 1.20. The third kappa shape index (κ3) is 3.45. The molecule has 0 amide bonds. The lowest BCUT2D eigenvalue weighted by Gasteiger charge is -2.06. The Kier molecular flexibility index (Phi) is 4.41. The Balaban J connectivity index is 2.18. The van der Waals surface area contributed by atoms with Crippen LogP contribution in [-0.4, -0.2) is 29.4 Å². The molecule has 25 heavy (non-hydrogen) atoms. The van der Waals surface area contributed by atoms with Crippen LogP contribution in [0.3, 0.4) is 0 Å². The minimum atomic E-state index is -3.73. The fourth-order valence-corrected chi connectivity index (χ4v) is 3.75. The van der Waals surface area contributed by atoms with Crippen LogP contribution in [0.15, 0.2) is 34.5 Å². The Morgan fingerprint density at radius 3 is 2.48 bits per heavy atom. The maximum absolute atomic E-state index is 14.2. The van der Waals surface area contributed by atoms with Crippen molar-refractivity contribution in [3.63, 3.8) is 0 Å². The second-order valence-corrected chi connectivity index (χ2v) is 8.18. The van der Waals surface area contributed by atoms with Crippen LogP contribution < -0.4 is 0 Å². The van der Waals surface area contributed by atoms with E-state index in [0.29, 0.717) is 10.8 Å². The maximum Gasteiger partial charge on any atom is 0.282 e. The number of hydrogen-bond donors (Lipinski definition) is 0. The van der Waals surface area contributed by atoms with Crippen molar-refractivity contribution in [1.82, 2.24) is 14.8 Å². The van der Waals surface area contributed by atoms with Crippen LogP contribution in [0.4, 0.5) is 13.2 Å². The maximum atomic E-state index is 14.2. The Hall–Kier alpha value is -2.20. The van der Waals surface area contributed by atoms with Gasteiger partial charge in [-0.2, -0.15) is 5.10 Å². The van der Waals surface area contributed by atoms with Gasteiger partial charge in [0.25, 0.3) is 6.43 Å². The number of rotatable bonds is 4. The molecule has 1 aromatic carbocycles. The Morgan fingerprint density at radius 1 is 1.24 bits per heavy atom. The molecule has 0 radical (unpaired) electrons. The minimum absolute atomic E-state index is 0.198. The molecule has 0 saturated carbocycles. The molecule has 0 fully saturated rings. The van der Waals surface area contributed by atoms with Gasteiger partial charge in [-0.25, -0.2) is 31.3 Å². The van der Waals surface area contributed by atoms with Crippen molar-refractivity contribution < 1.29 is 21.6 Å². The van der Waals surface area contributed by atoms with Gasteiger partial charge in [0.1, 0.15) is 16.4 Å². The molecule has 10 heteroatoms. The van der Waals surface area contributed by atoms with Gasteiger partial charge in [0, 0.05) is 17.2 Å². The first-order valence-corrected chi connectivity index (χ1v) is 9.74. The van der Waals surface area contributed by atoms with Crippen LogP contribution >= 0.6 is 11.3 Å². The molecule has 0 N–H and O–H groups in total. The quantitative estimate of drug-likeness (QED) is 0.683. The topological polar surface area (TPSA) is 64.8 Å². The lowest BCUT2D eigenvalue weighted by Crippen LogP contribution is -2.02. The summed E-state index contributed by atoms with van der Waals surface area (Å²) in [5.74, 6) is -0.957. The molecule has 0 aliphatic heterocycles. The second kappa shape index (κ2) is 6.26. The van der Waals surface area contributed by atoms with Crippen molar-refractivity contribution in [2.45, 2.75) is 18.2 Å². The van der Waals surface area contributed by atoms with E-state index in [1.807, 2.05) is 0 Å².